The van der Waals surface area contributed by atoms with E-state index in [1.54, 1.807) is 7.05 Å². The van der Waals surface area contributed by atoms with Crippen molar-refractivity contribution in [3.8, 4) is 0 Å². The van der Waals surface area contributed by atoms with Crippen molar-refractivity contribution in [2.45, 2.75) is 63.6 Å². The van der Waals surface area contributed by atoms with Gasteiger partial charge in [-0.25, -0.2) is 0 Å². The van der Waals surface area contributed by atoms with E-state index in [4.69, 9.17) is 14.2 Å². The van der Waals surface area contributed by atoms with Gasteiger partial charge in [0.2, 0.25) is 0 Å². The zero-order valence-electron chi connectivity index (χ0n) is 15.2. The summed E-state index contributed by atoms with van der Waals surface area (Å²) in [4.78, 5) is 4.22. The van der Waals surface area contributed by atoms with Crippen LogP contribution in [0.2, 0.25) is 0 Å². The normalized spacial score (nSPS) is 23.2. The van der Waals surface area contributed by atoms with Crippen LogP contribution in [-0.4, -0.2) is 64.7 Å². The van der Waals surface area contributed by atoms with Gasteiger partial charge in [0, 0.05) is 26.7 Å². The van der Waals surface area contributed by atoms with E-state index in [2.05, 4.69) is 15.6 Å². The van der Waals surface area contributed by atoms with Crippen molar-refractivity contribution in [1.29, 1.82) is 0 Å². The molecule has 1 aliphatic heterocycles. The fraction of sp³-hybridized carbons (Fsp3) is 0.944. The summed E-state index contributed by atoms with van der Waals surface area (Å²) < 4.78 is 17.1. The summed E-state index contributed by atoms with van der Waals surface area (Å²) in [5.41, 5.74) is 0. The first-order valence-electron chi connectivity index (χ1n) is 9.64. The Hall–Kier alpha value is -0.850. The van der Waals surface area contributed by atoms with E-state index in [1.807, 2.05) is 0 Å². The molecule has 0 aromatic heterocycles. The maximum atomic E-state index is 5.97. The van der Waals surface area contributed by atoms with Gasteiger partial charge in [-0.3, -0.25) is 4.99 Å². The molecule has 6 nitrogen and oxygen atoms in total. The number of hydrogen-bond acceptors (Lipinski definition) is 4. The molecular weight excluding hydrogens is 306 g/mol. The van der Waals surface area contributed by atoms with Crippen LogP contribution in [0.25, 0.3) is 0 Å². The fourth-order valence-electron chi connectivity index (χ4n) is 3.26. The SMILES string of the molecule is CN=C(NCCOCC1CCCO1)NCCOC1CCCCCC1. The van der Waals surface area contributed by atoms with Crippen LogP contribution in [0.4, 0.5) is 0 Å². The molecule has 0 spiro atoms. The fourth-order valence-corrected chi connectivity index (χ4v) is 3.26. The summed E-state index contributed by atoms with van der Waals surface area (Å²) in [6.45, 7) is 4.51. The zero-order valence-corrected chi connectivity index (χ0v) is 15.2. The van der Waals surface area contributed by atoms with Gasteiger partial charge in [-0.1, -0.05) is 25.7 Å². The minimum absolute atomic E-state index is 0.295. The molecule has 1 heterocycles. The van der Waals surface area contributed by atoms with E-state index >= 15 is 0 Å². The Morgan fingerprint density at radius 3 is 2.42 bits per heavy atom. The number of nitrogens with one attached hydrogen (secondary N) is 2. The van der Waals surface area contributed by atoms with Gasteiger partial charge >= 0.3 is 0 Å². The van der Waals surface area contributed by atoms with Gasteiger partial charge in [-0.2, -0.15) is 0 Å². The smallest absolute Gasteiger partial charge is 0.191 e. The number of nitrogens with zero attached hydrogens (tertiary/aromatic N) is 1. The Kier molecular flexibility index (Phi) is 10.1. The van der Waals surface area contributed by atoms with Crippen LogP contribution in [0.3, 0.4) is 0 Å². The molecule has 2 fully saturated rings. The Balaban J connectivity index is 1.44. The molecule has 0 amide bonds. The van der Waals surface area contributed by atoms with Crippen LogP contribution in [0.5, 0.6) is 0 Å². The predicted molar refractivity (Wildman–Crippen MR) is 96.6 cm³/mol. The number of rotatable bonds is 9. The minimum atomic E-state index is 0.295. The lowest BCUT2D eigenvalue weighted by Crippen LogP contribution is -2.40. The summed E-state index contributed by atoms with van der Waals surface area (Å²) in [5, 5.41) is 6.55. The number of aliphatic imine (C=N–C) groups is 1. The summed E-state index contributed by atoms with van der Waals surface area (Å²) in [6, 6.07) is 0. The Morgan fingerprint density at radius 2 is 1.75 bits per heavy atom. The maximum Gasteiger partial charge on any atom is 0.191 e. The standard InChI is InChI=1S/C18H35N3O3/c1-19-18(20-10-13-22-15-17-9-6-12-23-17)21-11-14-24-16-7-4-2-3-5-8-16/h16-17H,2-15H2,1H3,(H2,19,20,21). The third-order valence-corrected chi connectivity index (χ3v) is 4.64. The van der Waals surface area contributed by atoms with Crippen LogP contribution < -0.4 is 10.6 Å². The monoisotopic (exact) mass is 341 g/mol. The molecule has 0 bridgehead atoms. The molecule has 24 heavy (non-hydrogen) atoms. The van der Waals surface area contributed by atoms with E-state index in [0.717, 1.165) is 45.1 Å². The van der Waals surface area contributed by atoms with E-state index in [9.17, 15) is 0 Å². The third-order valence-electron chi connectivity index (χ3n) is 4.64. The Labute approximate surface area is 146 Å². The van der Waals surface area contributed by atoms with E-state index in [1.165, 1.54) is 38.5 Å². The number of ether oxygens (including phenoxy) is 3. The second kappa shape index (κ2) is 12.5. The quantitative estimate of drug-likeness (QED) is 0.291. The first kappa shape index (κ1) is 19.5. The van der Waals surface area contributed by atoms with Gasteiger partial charge in [0.25, 0.3) is 0 Å². The van der Waals surface area contributed by atoms with Crippen LogP contribution in [0.1, 0.15) is 51.4 Å². The van der Waals surface area contributed by atoms with Crippen LogP contribution in [0, 0.1) is 0 Å². The van der Waals surface area contributed by atoms with E-state index in [-0.39, 0.29) is 0 Å². The Morgan fingerprint density at radius 1 is 1.00 bits per heavy atom. The molecule has 0 radical (unpaired) electrons. The molecule has 1 aliphatic carbocycles. The van der Waals surface area contributed by atoms with Gasteiger partial charge in [-0.05, 0) is 25.7 Å². The molecule has 1 atom stereocenters. The predicted octanol–water partition coefficient (Wildman–Crippen LogP) is 2.09. The zero-order chi connectivity index (χ0) is 16.9. The second-order valence-corrected chi connectivity index (χ2v) is 6.62. The number of hydrogen-bond donors (Lipinski definition) is 2. The highest BCUT2D eigenvalue weighted by molar-refractivity contribution is 5.79. The lowest BCUT2D eigenvalue weighted by atomic mass is 10.1. The maximum absolute atomic E-state index is 5.97. The average Bonchev–Trinajstić information content (AvgIpc) is 2.98. The van der Waals surface area contributed by atoms with Crippen molar-refractivity contribution < 1.29 is 14.2 Å². The van der Waals surface area contributed by atoms with Gasteiger partial charge in [0.15, 0.2) is 5.96 Å². The largest absolute Gasteiger partial charge is 0.377 e. The van der Waals surface area contributed by atoms with Crippen molar-refractivity contribution in [2.75, 3.05) is 46.6 Å². The lowest BCUT2D eigenvalue weighted by Gasteiger charge is -2.17. The van der Waals surface area contributed by atoms with E-state index < -0.39 is 0 Å². The van der Waals surface area contributed by atoms with Crippen molar-refractivity contribution in [1.82, 2.24) is 10.6 Å². The molecule has 1 unspecified atom stereocenters. The van der Waals surface area contributed by atoms with Crippen LogP contribution >= 0.6 is 0 Å². The van der Waals surface area contributed by atoms with Crippen molar-refractivity contribution in [3.63, 3.8) is 0 Å². The van der Waals surface area contributed by atoms with E-state index in [0.29, 0.717) is 25.4 Å². The van der Waals surface area contributed by atoms with Crippen LogP contribution in [0.15, 0.2) is 4.99 Å². The van der Waals surface area contributed by atoms with Crippen molar-refractivity contribution in [3.05, 3.63) is 0 Å². The summed E-state index contributed by atoms with van der Waals surface area (Å²) in [7, 11) is 1.79. The highest BCUT2D eigenvalue weighted by Gasteiger charge is 2.15. The molecule has 6 heteroatoms. The van der Waals surface area contributed by atoms with Gasteiger partial charge in [-0.15, -0.1) is 0 Å². The van der Waals surface area contributed by atoms with Crippen molar-refractivity contribution in [2.24, 2.45) is 4.99 Å². The summed E-state index contributed by atoms with van der Waals surface area (Å²) in [5.74, 6) is 0.806. The highest BCUT2D eigenvalue weighted by atomic mass is 16.5. The van der Waals surface area contributed by atoms with Crippen LogP contribution in [-0.2, 0) is 14.2 Å². The molecule has 1 saturated carbocycles. The third kappa shape index (κ3) is 8.31. The Bertz CT molecular complexity index is 338. The summed E-state index contributed by atoms with van der Waals surface area (Å²) in [6.07, 6.45) is 10.8. The first-order valence-corrected chi connectivity index (χ1v) is 9.64. The molecule has 0 aromatic rings. The van der Waals surface area contributed by atoms with Gasteiger partial charge in [0.1, 0.15) is 0 Å². The van der Waals surface area contributed by atoms with Gasteiger partial charge in [0.05, 0.1) is 32.0 Å². The lowest BCUT2D eigenvalue weighted by molar-refractivity contribution is 0.0190. The highest BCUT2D eigenvalue weighted by Crippen LogP contribution is 2.19. The second-order valence-electron chi connectivity index (χ2n) is 6.62. The molecular formula is C18H35N3O3. The number of guanidine groups is 1. The molecule has 0 aromatic carbocycles. The topological polar surface area (TPSA) is 64.1 Å². The average molecular weight is 341 g/mol. The van der Waals surface area contributed by atoms with Crippen molar-refractivity contribution >= 4 is 5.96 Å². The molecule has 140 valence electrons. The molecule has 1 saturated heterocycles. The minimum Gasteiger partial charge on any atom is -0.377 e. The summed E-state index contributed by atoms with van der Waals surface area (Å²) >= 11 is 0. The molecule has 2 N–H and O–H groups in total. The molecule has 2 aliphatic rings. The molecule has 2 rings (SSSR count). The van der Waals surface area contributed by atoms with Gasteiger partial charge < -0.3 is 24.8 Å². The first-order chi connectivity index (χ1) is 11.9.